The minimum atomic E-state index is -5.05. The van der Waals surface area contributed by atoms with Crippen molar-refractivity contribution in [3.8, 4) is 6.01 Å². The zero-order valence-corrected chi connectivity index (χ0v) is 11.4. The number of H-pyrrole nitrogens is 1. The zero-order valence-electron chi connectivity index (χ0n) is 11.4. The van der Waals surface area contributed by atoms with Gasteiger partial charge in [0.15, 0.2) is 0 Å². The molecule has 1 N–H and O–H groups in total. The van der Waals surface area contributed by atoms with E-state index in [1.165, 1.54) is 6.20 Å². The lowest BCUT2D eigenvalue weighted by atomic mass is 9.82. The van der Waals surface area contributed by atoms with Crippen LogP contribution in [0.4, 0.5) is 13.2 Å². The Kier molecular flexibility index (Phi) is 3.76. The second kappa shape index (κ2) is 5.23. The Hall–Kier alpha value is -2.31. The molecule has 1 aromatic heterocycles. The van der Waals surface area contributed by atoms with Crippen molar-refractivity contribution < 1.29 is 22.7 Å². The molecule has 0 atom stereocenters. The van der Waals surface area contributed by atoms with Gasteiger partial charge < -0.3 is 9.72 Å². The summed E-state index contributed by atoms with van der Waals surface area (Å²) in [4.78, 5) is 17.0. The molecule has 1 aromatic carbocycles. The van der Waals surface area contributed by atoms with Crippen molar-refractivity contribution in [2.24, 2.45) is 0 Å². The average molecular weight is 298 g/mol. The molecule has 1 heterocycles. The molecule has 0 saturated heterocycles. The number of alkyl halides is 3. The van der Waals surface area contributed by atoms with E-state index in [1.54, 1.807) is 0 Å². The third kappa shape index (κ3) is 3.24. The predicted molar refractivity (Wildman–Crippen MR) is 68.8 cm³/mol. The minimum Gasteiger partial charge on any atom is -0.385 e. The number of nitrogens with zero attached hydrogens (tertiary/aromatic N) is 1. The smallest absolute Gasteiger partial charge is 0.385 e. The van der Waals surface area contributed by atoms with Gasteiger partial charge in [-0.3, -0.25) is 0 Å². The second-order valence-corrected chi connectivity index (χ2v) is 4.98. The van der Waals surface area contributed by atoms with Crippen LogP contribution in [-0.4, -0.2) is 22.1 Å². The normalized spacial score (nSPS) is 12.2. The van der Waals surface area contributed by atoms with Crippen molar-refractivity contribution >= 4 is 5.97 Å². The highest BCUT2D eigenvalue weighted by Gasteiger charge is 2.42. The number of hydrogen-bond acceptors (Lipinski definition) is 3. The first-order chi connectivity index (χ1) is 9.71. The van der Waals surface area contributed by atoms with Gasteiger partial charge in [-0.2, -0.15) is 13.2 Å². The number of imidazole rings is 1. The van der Waals surface area contributed by atoms with Gasteiger partial charge in [0.05, 0.1) is 6.20 Å². The Morgan fingerprint density at radius 1 is 1.19 bits per heavy atom. The first kappa shape index (κ1) is 15.1. The van der Waals surface area contributed by atoms with E-state index in [-0.39, 0.29) is 0 Å². The minimum absolute atomic E-state index is 0.476. The molecule has 0 amide bonds. The summed E-state index contributed by atoms with van der Waals surface area (Å²) >= 11 is 0. The standard InChI is InChI=1S/C14H13F3N2O2/c1-13(2,9-6-4-3-5-7-9)10-8-18-12(19-10)21-11(20)14(15,16)17/h3-8H,1-2H3,(H,18,19). The number of aromatic amines is 1. The SMILES string of the molecule is CC(C)(c1ccccc1)c1cnc(OC(=O)C(F)(F)F)[nH]1. The molecule has 4 nitrogen and oxygen atoms in total. The first-order valence-electron chi connectivity index (χ1n) is 6.11. The van der Waals surface area contributed by atoms with E-state index >= 15 is 0 Å². The van der Waals surface area contributed by atoms with E-state index in [9.17, 15) is 18.0 Å². The van der Waals surface area contributed by atoms with Crippen molar-refractivity contribution in [2.45, 2.75) is 25.4 Å². The van der Waals surface area contributed by atoms with Gasteiger partial charge in [-0.25, -0.2) is 9.78 Å². The molecule has 0 radical (unpaired) electrons. The van der Waals surface area contributed by atoms with Crippen LogP contribution in [0, 0.1) is 0 Å². The van der Waals surface area contributed by atoms with Gasteiger partial charge in [0.25, 0.3) is 0 Å². The molecule has 0 saturated carbocycles. The fourth-order valence-electron chi connectivity index (χ4n) is 1.83. The third-order valence-electron chi connectivity index (χ3n) is 3.14. The van der Waals surface area contributed by atoms with Crippen molar-refractivity contribution in [3.05, 3.63) is 47.8 Å². The van der Waals surface area contributed by atoms with Gasteiger partial charge in [0.1, 0.15) is 0 Å². The fraction of sp³-hybridized carbons (Fsp3) is 0.286. The average Bonchev–Trinajstić information content (AvgIpc) is 2.88. The molecular weight excluding hydrogens is 285 g/mol. The van der Waals surface area contributed by atoms with E-state index in [0.29, 0.717) is 5.69 Å². The van der Waals surface area contributed by atoms with Crippen LogP contribution in [0.25, 0.3) is 0 Å². The molecule has 7 heteroatoms. The number of rotatable bonds is 3. The van der Waals surface area contributed by atoms with Crippen molar-refractivity contribution in [2.75, 3.05) is 0 Å². The molecule has 0 aliphatic heterocycles. The van der Waals surface area contributed by atoms with Crippen molar-refractivity contribution in [1.29, 1.82) is 0 Å². The summed E-state index contributed by atoms with van der Waals surface area (Å²) in [6, 6.07) is 8.89. The Bertz CT molecular complexity index is 633. The summed E-state index contributed by atoms with van der Waals surface area (Å²) in [7, 11) is 0. The first-order valence-corrected chi connectivity index (χ1v) is 6.11. The monoisotopic (exact) mass is 298 g/mol. The number of esters is 1. The molecule has 0 aliphatic rings. The molecule has 2 rings (SSSR count). The van der Waals surface area contributed by atoms with Crippen molar-refractivity contribution in [1.82, 2.24) is 9.97 Å². The van der Waals surface area contributed by atoms with Gasteiger partial charge in [-0.1, -0.05) is 44.2 Å². The number of halogens is 3. The maximum Gasteiger partial charge on any atom is 0.491 e. The van der Waals surface area contributed by atoms with E-state index in [2.05, 4.69) is 14.7 Å². The third-order valence-corrected chi connectivity index (χ3v) is 3.14. The molecule has 2 aromatic rings. The van der Waals surface area contributed by atoms with Crippen LogP contribution in [0.1, 0.15) is 25.1 Å². The highest BCUT2D eigenvalue weighted by molar-refractivity contribution is 5.77. The van der Waals surface area contributed by atoms with Gasteiger partial charge in [-0.15, -0.1) is 0 Å². The molecule has 21 heavy (non-hydrogen) atoms. The van der Waals surface area contributed by atoms with Gasteiger partial charge in [0, 0.05) is 11.1 Å². The Labute approximate surface area is 119 Å². The lowest BCUT2D eigenvalue weighted by Crippen LogP contribution is -2.28. The summed E-state index contributed by atoms with van der Waals surface area (Å²) in [6.07, 6.45) is -3.70. The Morgan fingerprint density at radius 2 is 1.81 bits per heavy atom. The number of nitrogens with one attached hydrogen (secondary N) is 1. The van der Waals surface area contributed by atoms with Crippen LogP contribution in [0.5, 0.6) is 6.01 Å². The van der Waals surface area contributed by atoms with Crippen LogP contribution in [0.2, 0.25) is 0 Å². The van der Waals surface area contributed by atoms with Gasteiger partial charge in [-0.05, 0) is 5.56 Å². The molecule has 0 unspecified atom stereocenters. The van der Waals surface area contributed by atoms with Crippen molar-refractivity contribution in [3.63, 3.8) is 0 Å². The maximum absolute atomic E-state index is 12.1. The fourth-order valence-corrected chi connectivity index (χ4v) is 1.83. The number of hydrogen-bond donors (Lipinski definition) is 1. The highest BCUT2D eigenvalue weighted by Crippen LogP contribution is 2.31. The van der Waals surface area contributed by atoms with Crippen LogP contribution in [0.15, 0.2) is 36.5 Å². The summed E-state index contributed by atoms with van der Waals surface area (Å²) in [6.45, 7) is 3.76. The van der Waals surface area contributed by atoms with Crippen LogP contribution in [0.3, 0.4) is 0 Å². The highest BCUT2D eigenvalue weighted by atomic mass is 19.4. The van der Waals surface area contributed by atoms with Gasteiger partial charge >= 0.3 is 18.2 Å². The summed E-state index contributed by atoms with van der Waals surface area (Å²) in [5.41, 5.74) is 0.970. The number of carbonyl (C=O) groups excluding carboxylic acids is 1. The quantitative estimate of drug-likeness (QED) is 0.885. The predicted octanol–water partition coefficient (Wildman–Crippen LogP) is 3.20. The number of ether oxygens (including phenoxy) is 1. The molecule has 0 aliphatic carbocycles. The largest absolute Gasteiger partial charge is 0.491 e. The lowest BCUT2D eigenvalue weighted by molar-refractivity contribution is -0.190. The zero-order chi connectivity index (χ0) is 15.7. The number of benzene rings is 1. The molecule has 0 spiro atoms. The topological polar surface area (TPSA) is 55.0 Å². The van der Waals surface area contributed by atoms with Crippen LogP contribution >= 0.6 is 0 Å². The van der Waals surface area contributed by atoms with Crippen LogP contribution < -0.4 is 4.74 Å². The summed E-state index contributed by atoms with van der Waals surface area (Å²) < 4.78 is 40.5. The van der Waals surface area contributed by atoms with E-state index in [0.717, 1.165) is 5.56 Å². The Morgan fingerprint density at radius 3 is 2.38 bits per heavy atom. The molecular formula is C14H13F3N2O2. The number of carbonyl (C=O) groups is 1. The van der Waals surface area contributed by atoms with E-state index < -0.39 is 23.6 Å². The Balaban J connectivity index is 2.22. The molecule has 0 bridgehead atoms. The molecule has 0 fully saturated rings. The summed E-state index contributed by atoms with van der Waals surface area (Å²) in [5, 5.41) is 0. The second-order valence-electron chi connectivity index (χ2n) is 4.98. The van der Waals surface area contributed by atoms with E-state index in [1.807, 2.05) is 44.2 Å². The number of aromatic nitrogens is 2. The van der Waals surface area contributed by atoms with Crippen LogP contribution in [-0.2, 0) is 10.2 Å². The van der Waals surface area contributed by atoms with E-state index in [4.69, 9.17) is 0 Å². The summed E-state index contributed by atoms with van der Waals surface area (Å²) in [5.74, 6) is -2.30. The maximum atomic E-state index is 12.1. The van der Waals surface area contributed by atoms with Gasteiger partial charge in [0.2, 0.25) is 0 Å². The molecule has 112 valence electrons. The lowest BCUT2D eigenvalue weighted by Gasteiger charge is -2.23.